The highest BCUT2D eigenvalue weighted by molar-refractivity contribution is 7.85. The first kappa shape index (κ1) is 15.4. The van der Waals surface area contributed by atoms with Crippen LogP contribution in [0.4, 0.5) is 0 Å². The lowest BCUT2D eigenvalue weighted by molar-refractivity contribution is -0.154. The van der Waals surface area contributed by atoms with Gasteiger partial charge in [-0.3, -0.25) is 8.98 Å². The molecule has 5 nitrogen and oxygen atoms in total. The van der Waals surface area contributed by atoms with Gasteiger partial charge in [0.15, 0.2) is 0 Å². The number of hydrogen-bond acceptors (Lipinski definition) is 5. The number of ether oxygens (including phenoxy) is 1. The number of rotatable bonds is 7. The summed E-state index contributed by atoms with van der Waals surface area (Å²) in [7, 11) is -3.40. The molecule has 96 valence electrons. The van der Waals surface area contributed by atoms with Crippen LogP contribution >= 0.6 is 0 Å². The Kier molecular flexibility index (Phi) is 5.96. The average molecular weight is 252 g/mol. The van der Waals surface area contributed by atoms with Gasteiger partial charge in [-0.15, -0.1) is 0 Å². The molecule has 0 spiro atoms. The molecular formula is C10H20O5S. The number of carbonyl (C=O) groups is 1. The second-order valence-electron chi connectivity index (χ2n) is 4.25. The van der Waals surface area contributed by atoms with Crippen molar-refractivity contribution >= 4 is 16.1 Å². The summed E-state index contributed by atoms with van der Waals surface area (Å²) in [6.07, 6.45) is 2.06. The molecule has 0 N–H and O–H groups in total. The first-order chi connectivity index (χ1) is 7.19. The van der Waals surface area contributed by atoms with Gasteiger partial charge < -0.3 is 4.74 Å². The molecule has 0 unspecified atom stereocenters. The van der Waals surface area contributed by atoms with Crippen molar-refractivity contribution in [2.24, 2.45) is 5.41 Å². The van der Waals surface area contributed by atoms with Crippen LogP contribution in [0.25, 0.3) is 0 Å². The first-order valence-electron chi connectivity index (χ1n) is 5.20. The number of esters is 1. The van der Waals surface area contributed by atoms with Gasteiger partial charge in [0.25, 0.3) is 10.1 Å². The van der Waals surface area contributed by atoms with E-state index in [-0.39, 0.29) is 19.2 Å². The summed E-state index contributed by atoms with van der Waals surface area (Å²) in [6, 6.07) is 0. The van der Waals surface area contributed by atoms with Crippen LogP contribution < -0.4 is 0 Å². The molecule has 0 saturated carbocycles. The van der Waals surface area contributed by atoms with Crippen molar-refractivity contribution in [1.29, 1.82) is 0 Å². The molecule has 0 rings (SSSR count). The Morgan fingerprint density at radius 1 is 1.25 bits per heavy atom. The molecule has 0 aromatic rings. The minimum absolute atomic E-state index is 0.0403. The van der Waals surface area contributed by atoms with Crippen molar-refractivity contribution in [2.45, 2.75) is 33.6 Å². The van der Waals surface area contributed by atoms with E-state index in [2.05, 4.69) is 4.18 Å². The molecule has 6 heteroatoms. The Balaban J connectivity index is 3.72. The van der Waals surface area contributed by atoms with Crippen LogP contribution in [0.1, 0.15) is 33.6 Å². The Bertz CT molecular complexity index is 318. The van der Waals surface area contributed by atoms with E-state index in [0.29, 0.717) is 12.8 Å². The molecule has 0 saturated heterocycles. The Morgan fingerprint density at radius 3 is 2.25 bits per heavy atom. The maximum absolute atomic E-state index is 11.5. The summed E-state index contributed by atoms with van der Waals surface area (Å²) in [5.74, 6) is -0.269. The normalized spacial score (nSPS) is 12.5. The maximum Gasteiger partial charge on any atom is 0.311 e. The second kappa shape index (κ2) is 6.20. The second-order valence-corrected chi connectivity index (χ2v) is 5.90. The molecule has 0 aromatic heterocycles. The minimum atomic E-state index is -3.40. The van der Waals surface area contributed by atoms with Gasteiger partial charge in [-0.2, -0.15) is 8.42 Å². The predicted octanol–water partition coefficient (Wildman–Crippen LogP) is 1.33. The predicted molar refractivity (Wildman–Crippen MR) is 60.4 cm³/mol. The topological polar surface area (TPSA) is 69.7 Å². The molecule has 0 aliphatic rings. The van der Waals surface area contributed by atoms with E-state index in [4.69, 9.17) is 4.74 Å². The number of carbonyl (C=O) groups excluding carboxylic acids is 1. The van der Waals surface area contributed by atoms with Gasteiger partial charge in [0.05, 0.1) is 24.9 Å². The average Bonchev–Trinajstić information content (AvgIpc) is 2.15. The highest BCUT2D eigenvalue weighted by atomic mass is 32.2. The van der Waals surface area contributed by atoms with Crippen LogP contribution in [0.3, 0.4) is 0 Å². The van der Waals surface area contributed by atoms with Crippen molar-refractivity contribution in [3.8, 4) is 0 Å². The summed E-state index contributed by atoms with van der Waals surface area (Å²) in [4.78, 5) is 11.5. The van der Waals surface area contributed by atoms with Crippen LogP contribution in [0, 0.1) is 5.41 Å². The van der Waals surface area contributed by atoms with E-state index in [1.54, 1.807) is 0 Å². The zero-order valence-corrected chi connectivity index (χ0v) is 11.1. The largest absolute Gasteiger partial charge is 0.465 e. The highest BCUT2D eigenvalue weighted by Crippen LogP contribution is 2.21. The number of hydrogen-bond donors (Lipinski definition) is 0. The molecule has 0 bridgehead atoms. The van der Waals surface area contributed by atoms with E-state index in [0.717, 1.165) is 6.26 Å². The lowest BCUT2D eigenvalue weighted by atomic mass is 9.91. The zero-order valence-electron chi connectivity index (χ0n) is 10.3. The fraction of sp³-hybridized carbons (Fsp3) is 0.900. The fourth-order valence-corrected chi connectivity index (χ4v) is 1.19. The Labute approximate surface area is 97.2 Å². The van der Waals surface area contributed by atoms with Gasteiger partial charge >= 0.3 is 5.97 Å². The van der Waals surface area contributed by atoms with Crippen molar-refractivity contribution < 1.29 is 22.1 Å². The minimum Gasteiger partial charge on any atom is -0.465 e. The van der Waals surface area contributed by atoms with E-state index in [1.807, 2.05) is 20.8 Å². The summed E-state index contributed by atoms with van der Waals surface area (Å²) in [5.41, 5.74) is -0.488. The SMILES string of the molecule is CCC(C)(C)C(=O)OCCCOS(C)(=O)=O. The molecule has 0 aromatic carbocycles. The first-order valence-corrected chi connectivity index (χ1v) is 7.02. The monoisotopic (exact) mass is 252 g/mol. The van der Waals surface area contributed by atoms with Gasteiger partial charge in [-0.05, 0) is 20.3 Å². The van der Waals surface area contributed by atoms with Gasteiger partial charge in [-0.1, -0.05) is 6.92 Å². The van der Waals surface area contributed by atoms with E-state index >= 15 is 0 Å². The van der Waals surface area contributed by atoms with Gasteiger partial charge in [0, 0.05) is 6.42 Å². The quantitative estimate of drug-likeness (QED) is 0.388. The summed E-state index contributed by atoms with van der Waals surface area (Å²) < 4.78 is 30.7. The van der Waals surface area contributed by atoms with E-state index < -0.39 is 15.5 Å². The third-order valence-electron chi connectivity index (χ3n) is 2.26. The molecular weight excluding hydrogens is 232 g/mol. The highest BCUT2D eigenvalue weighted by Gasteiger charge is 2.26. The zero-order chi connectivity index (χ0) is 12.8. The van der Waals surface area contributed by atoms with Crippen molar-refractivity contribution in [1.82, 2.24) is 0 Å². The van der Waals surface area contributed by atoms with E-state index in [9.17, 15) is 13.2 Å². The molecule has 16 heavy (non-hydrogen) atoms. The molecule has 0 amide bonds. The van der Waals surface area contributed by atoms with Crippen molar-refractivity contribution in [2.75, 3.05) is 19.5 Å². The van der Waals surface area contributed by atoms with Gasteiger partial charge in [0.1, 0.15) is 0 Å². The van der Waals surface area contributed by atoms with Crippen molar-refractivity contribution in [3.05, 3.63) is 0 Å². The molecule has 0 heterocycles. The van der Waals surface area contributed by atoms with Crippen LogP contribution in [-0.4, -0.2) is 33.9 Å². The third kappa shape index (κ3) is 6.79. The third-order valence-corrected chi connectivity index (χ3v) is 2.85. The van der Waals surface area contributed by atoms with Crippen LogP contribution in [0.2, 0.25) is 0 Å². The maximum atomic E-state index is 11.5. The molecule has 0 atom stereocenters. The fourth-order valence-electron chi connectivity index (χ4n) is 0.774. The van der Waals surface area contributed by atoms with E-state index in [1.165, 1.54) is 0 Å². The summed E-state index contributed by atoms with van der Waals surface area (Å²) in [5, 5.41) is 0. The summed E-state index contributed by atoms with van der Waals surface area (Å²) in [6.45, 7) is 5.75. The summed E-state index contributed by atoms with van der Waals surface area (Å²) >= 11 is 0. The lowest BCUT2D eigenvalue weighted by Gasteiger charge is -2.20. The van der Waals surface area contributed by atoms with Crippen molar-refractivity contribution in [3.63, 3.8) is 0 Å². The Hall–Kier alpha value is -0.620. The smallest absolute Gasteiger partial charge is 0.311 e. The molecule has 0 radical (unpaired) electrons. The van der Waals surface area contributed by atoms with Crippen LogP contribution in [-0.2, 0) is 23.8 Å². The van der Waals surface area contributed by atoms with Gasteiger partial charge in [-0.25, -0.2) is 0 Å². The molecule has 0 aliphatic heterocycles. The standard InChI is InChI=1S/C10H20O5S/c1-5-10(2,3)9(11)14-7-6-8-15-16(4,12)13/h5-8H2,1-4H3. The lowest BCUT2D eigenvalue weighted by Crippen LogP contribution is -2.26. The Morgan fingerprint density at radius 2 is 1.81 bits per heavy atom. The van der Waals surface area contributed by atoms with Crippen LogP contribution in [0.15, 0.2) is 0 Å². The molecule has 0 aliphatic carbocycles. The van der Waals surface area contributed by atoms with Gasteiger partial charge in [0.2, 0.25) is 0 Å². The molecule has 0 fully saturated rings. The van der Waals surface area contributed by atoms with Crippen LogP contribution in [0.5, 0.6) is 0 Å².